The summed E-state index contributed by atoms with van der Waals surface area (Å²) >= 11 is 11.7. The smallest absolute Gasteiger partial charge is 0.341 e. The Morgan fingerprint density at radius 1 is 1.24 bits per heavy atom. The Hall–Kier alpha value is -1.06. The summed E-state index contributed by atoms with van der Waals surface area (Å²) in [5.41, 5.74) is 0.0902. The summed E-state index contributed by atoms with van der Waals surface area (Å²) in [6, 6.07) is 4.70. The molecule has 0 amide bonds. The minimum absolute atomic E-state index is 0.0902. The standard InChI is InChI=1S/C12H12Cl2O3/c1-7(2)10(15)6-17-12(16)11-8(13)4-3-5-9(11)14/h3-5,7H,6H2,1-2H3. The number of hydrogen-bond acceptors (Lipinski definition) is 3. The SMILES string of the molecule is CC(C)C(=O)COC(=O)c1c(Cl)cccc1Cl. The molecule has 0 heterocycles. The molecule has 1 aromatic rings. The maximum Gasteiger partial charge on any atom is 0.341 e. The first kappa shape index (κ1) is 14.0. The van der Waals surface area contributed by atoms with E-state index in [0.29, 0.717) is 0 Å². The van der Waals surface area contributed by atoms with E-state index in [-0.39, 0.29) is 33.9 Å². The van der Waals surface area contributed by atoms with E-state index in [9.17, 15) is 9.59 Å². The average molecular weight is 275 g/mol. The first-order valence-electron chi connectivity index (χ1n) is 5.07. The van der Waals surface area contributed by atoms with Gasteiger partial charge in [0.1, 0.15) is 0 Å². The molecule has 0 aliphatic carbocycles. The van der Waals surface area contributed by atoms with Crippen LogP contribution in [0.25, 0.3) is 0 Å². The van der Waals surface area contributed by atoms with E-state index < -0.39 is 5.97 Å². The van der Waals surface area contributed by atoms with Gasteiger partial charge >= 0.3 is 5.97 Å². The molecule has 1 aromatic carbocycles. The van der Waals surface area contributed by atoms with Crippen LogP contribution in [0.3, 0.4) is 0 Å². The van der Waals surface area contributed by atoms with Gasteiger partial charge in [-0.2, -0.15) is 0 Å². The Morgan fingerprint density at radius 2 is 1.76 bits per heavy atom. The third-order valence-corrected chi connectivity index (χ3v) is 2.79. The summed E-state index contributed by atoms with van der Waals surface area (Å²) < 4.78 is 4.86. The van der Waals surface area contributed by atoms with E-state index in [4.69, 9.17) is 27.9 Å². The largest absolute Gasteiger partial charge is 0.454 e. The van der Waals surface area contributed by atoms with Gasteiger partial charge in [0.15, 0.2) is 12.4 Å². The number of esters is 1. The number of hydrogen-bond donors (Lipinski definition) is 0. The van der Waals surface area contributed by atoms with E-state index in [1.807, 2.05) is 0 Å². The van der Waals surface area contributed by atoms with Crippen molar-refractivity contribution in [2.45, 2.75) is 13.8 Å². The summed E-state index contributed by atoms with van der Waals surface area (Å²) in [5, 5.41) is 0.416. The lowest BCUT2D eigenvalue weighted by Gasteiger charge is -2.08. The van der Waals surface area contributed by atoms with Crippen LogP contribution in [-0.4, -0.2) is 18.4 Å². The maximum atomic E-state index is 11.7. The van der Waals surface area contributed by atoms with Gasteiger partial charge in [0.2, 0.25) is 0 Å². The Bertz CT molecular complexity index is 421. The molecule has 0 aliphatic rings. The predicted octanol–water partition coefficient (Wildman–Crippen LogP) is 3.38. The molecular formula is C12H12Cl2O3. The molecule has 0 unspecified atom stereocenters. The molecule has 3 nitrogen and oxygen atoms in total. The van der Waals surface area contributed by atoms with Crippen LogP contribution in [0.1, 0.15) is 24.2 Å². The van der Waals surface area contributed by atoms with Crippen molar-refractivity contribution < 1.29 is 14.3 Å². The van der Waals surface area contributed by atoms with Crippen molar-refractivity contribution in [3.05, 3.63) is 33.8 Å². The van der Waals surface area contributed by atoms with Gasteiger partial charge in [-0.1, -0.05) is 43.1 Å². The molecule has 0 saturated heterocycles. The normalized spacial score (nSPS) is 10.4. The summed E-state index contributed by atoms with van der Waals surface area (Å²) in [5.74, 6) is -1.01. The Morgan fingerprint density at radius 3 is 2.24 bits per heavy atom. The number of rotatable bonds is 4. The van der Waals surface area contributed by atoms with Gasteiger partial charge in [0.25, 0.3) is 0 Å². The molecule has 0 bridgehead atoms. The monoisotopic (exact) mass is 274 g/mol. The second-order valence-corrected chi connectivity index (χ2v) is 4.61. The fourth-order valence-corrected chi connectivity index (χ4v) is 1.62. The second-order valence-electron chi connectivity index (χ2n) is 3.79. The van der Waals surface area contributed by atoms with Crippen LogP contribution in [0.4, 0.5) is 0 Å². The Kier molecular flexibility index (Phi) is 4.97. The van der Waals surface area contributed by atoms with Crippen molar-refractivity contribution >= 4 is 35.0 Å². The highest BCUT2D eigenvalue weighted by atomic mass is 35.5. The lowest BCUT2D eigenvalue weighted by Crippen LogP contribution is -2.18. The zero-order chi connectivity index (χ0) is 13.0. The van der Waals surface area contributed by atoms with Crippen LogP contribution < -0.4 is 0 Å². The van der Waals surface area contributed by atoms with Gasteiger partial charge < -0.3 is 4.74 Å². The van der Waals surface area contributed by atoms with Crippen LogP contribution in [0.15, 0.2) is 18.2 Å². The van der Waals surface area contributed by atoms with Gasteiger partial charge in [-0.05, 0) is 12.1 Å². The van der Waals surface area contributed by atoms with E-state index >= 15 is 0 Å². The minimum atomic E-state index is -0.686. The van der Waals surface area contributed by atoms with Crippen LogP contribution in [-0.2, 0) is 9.53 Å². The Labute approximate surface area is 110 Å². The molecule has 5 heteroatoms. The van der Waals surface area contributed by atoms with Crippen molar-refractivity contribution in [1.29, 1.82) is 0 Å². The minimum Gasteiger partial charge on any atom is -0.454 e. The van der Waals surface area contributed by atoms with Crippen molar-refractivity contribution in [2.75, 3.05) is 6.61 Å². The summed E-state index contributed by atoms with van der Waals surface area (Å²) in [7, 11) is 0. The van der Waals surface area contributed by atoms with Crippen molar-refractivity contribution in [2.24, 2.45) is 5.92 Å². The zero-order valence-electron chi connectivity index (χ0n) is 9.50. The molecular weight excluding hydrogens is 263 g/mol. The number of ketones is 1. The highest BCUT2D eigenvalue weighted by molar-refractivity contribution is 6.39. The van der Waals surface area contributed by atoms with Crippen LogP contribution in [0.2, 0.25) is 10.0 Å². The maximum absolute atomic E-state index is 11.7. The summed E-state index contributed by atoms with van der Waals surface area (Å²) in [6.45, 7) is 3.20. The van der Waals surface area contributed by atoms with Gasteiger partial charge in [0, 0.05) is 5.92 Å². The summed E-state index contributed by atoms with van der Waals surface area (Å²) in [4.78, 5) is 23.0. The van der Waals surface area contributed by atoms with Gasteiger partial charge in [-0.3, -0.25) is 4.79 Å². The lowest BCUT2D eigenvalue weighted by atomic mass is 10.1. The fourth-order valence-electron chi connectivity index (χ4n) is 1.07. The van der Waals surface area contributed by atoms with Crippen molar-refractivity contribution in [3.8, 4) is 0 Å². The van der Waals surface area contributed by atoms with Crippen LogP contribution in [0, 0.1) is 5.92 Å². The molecule has 0 radical (unpaired) electrons. The predicted molar refractivity (Wildman–Crippen MR) is 66.6 cm³/mol. The van der Waals surface area contributed by atoms with E-state index in [1.165, 1.54) is 12.1 Å². The number of carbonyl (C=O) groups is 2. The number of benzene rings is 1. The molecule has 0 fully saturated rings. The number of Topliss-reactive ketones (excluding diaryl/α,β-unsaturated/α-hetero) is 1. The van der Waals surface area contributed by atoms with Crippen LogP contribution >= 0.6 is 23.2 Å². The molecule has 0 spiro atoms. The van der Waals surface area contributed by atoms with Crippen LogP contribution in [0.5, 0.6) is 0 Å². The van der Waals surface area contributed by atoms with Gasteiger partial charge in [-0.25, -0.2) is 4.79 Å². The molecule has 1 rings (SSSR count). The summed E-state index contributed by atoms with van der Waals surface area (Å²) in [6.07, 6.45) is 0. The number of carbonyl (C=O) groups excluding carboxylic acids is 2. The molecule has 0 aliphatic heterocycles. The topological polar surface area (TPSA) is 43.4 Å². The molecule has 92 valence electrons. The van der Waals surface area contributed by atoms with Crippen molar-refractivity contribution in [3.63, 3.8) is 0 Å². The van der Waals surface area contributed by atoms with Gasteiger partial charge in [0.05, 0.1) is 15.6 Å². The first-order chi connectivity index (χ1) is 7.93. The molecule has 0 N–H and O–H groups in total. The lowest BCUT2D eigenvalue weighted by molar-refractivity contribution is -0.125. The second kappa shape index (κ2) is 6.03. The van der Waals surface area contributed by atoms with E-state index in [1.54, 1.807) is 19.9 Å². The highest BCUT2D eigenvalue weighted by Crippen LogP contribution is 2.24. The van der Waals surface area contributed by atoms with Gasteiger partial charge in [-0.15, -0.1) is 0 Å². The zero-order valence-corrected chi connectivity index (χ0v) is 11.0. The molecule has 0 aromatic heterocycles. The van der Waals surface area contributed by atoms with E-state index in [2.05, 4.69) is 0 Å². The molecule has 0 atom stereocenters. The third-order valence-electron chi connectivity index (χ3n) is 2.16. The number of ether oxygens (including phenoxy) is 1. The average Bonchev–Trinajstić information content (AvgIpc) is 2.25. The number of halogens is 2. The fraction of sp³-hybridized carbons (Fsp3) is 0.333. The highest BCUT2D eigenvalue weighted by Gasteiger charge is 2.17. The Balaban J connectivity index is 2.74. The molecule has 17 heavy (non-hydrogen) atoms. The first-order valence-corrected chi connectivity index (χ1v) is 5.83. The van der Waals surface area contributed by atoms with E-state index in [0.717, 1.165) is 0 Å². The van der Waals surface area contributed by atoms with Crippen molar-refractivity contribution in [1.82, 2.24) is 0 Å². The quantitative estimate of drug-likeness (QED) is 0.791. The molecule has 0 saturated carbocycles. The third kappa shape index (κ3) is 3.72.